The molecular weight excluding hydrogens is 410 g/mol. The predicted molar refractivity (Wildman–Crippen MR) is 107 cm³/mol. The zero-order valence-electron chi connectivity index (χ0n) is 15.4. The fourth-order valence-corrected chi connectivity index (χ4v) is 4.17. The molecule has 2 aliphatic rings. The molecule has 2 N–H and O–H groups in total. The van der Waals surface area contributed by atoms with E-state index in [1.165, 1.54) is 24.3 Å². The van der Waals surface area contributed by atoms with Gasteiger partial charge in [-0.2, -0.15) is 0 Å². The van der Waals surface area contributed by atoms with Crippen molar-refractivity contribution in [2.24, 2.45) is 0 Å². The van der Waals surface area contributed by atoms with Gasteiger partial charge in [0.15, 0.2) is 5.37 Å². The van der Waals surface area contributed by atoms with E-state index in [2.05, 4.69) is 5.32 Å². The van der Waals surface area contributed by atoms with Crippen LogP contribution in [0, 0.1) is 0 Å². The van der Waals surface area contributed by atoms with Crippen molar-refractivity contribution in [2.45, 2.75) is 5.37 Å². The van der Waals surface area contributed by atoms with E-state index in [1.807, 2.05) is 0 Å². The van der Waals surface area contributed by atoms with Crippen molar-refractivity contribution < 1.29 is 29.1 Å². The molecule has 2 aromatic carbocycles. The summed E-state index contributed by atoms with van der Waals surface area (Å²) in [6.07, 6.45) is 0. The number of amides is 4. The van der Waals surface area contributed by atoms with Gasteiger partial charge in [-0.05, 0) is 48.2 Å². The molecule has 2 aliphatic heterocycles. The second-order valence-corrected chi connectivity index (χ2v) is 7.64. The number of nitrogens with one attached hydrogen (secondary N) is 1. The zero-order valence-corrected chi connectivity index (χ0v) is 16.2. The molecule has 4 amide bonds. The summed E-state index contributed by atoms with van der Waals surface area (Å²) in [4.78, 5) is 62.7. The van der Waals surface area contributed by atoms with Crippen LogP contribution in [0.3, 0.4) is 0 Å². The van der Waals surface area contributed by atoms with Crippen LogP contribution in [0.25, 0.3) is 0 Å². The monoisotopic (exact) mass is 425 g/mol. The van der Waals surface area contributed by atoms with Crippen LogP contribution in [0.2, 0.25) is 0 Å². The molecule has 152 valence electrons. The van der Waals surface area contributed by atoms with Gasteiger partial charge < -0.3 is 10.4 Å². The number of fused-ring (bicyclic) bond motifs is 1. The number of aromatic carboxylic acids is 1. The molecule has 0 unspecified atom stereocenters. The molecule has 1 atom stereocenters. The number of carboxylic acids is 1. The average Bonchev–Trinajstić information content (AvgIpc) is 3.14. The number of imide groups is 2. The molecule has 0 saturated carbocycles. The third-order valence-corrected chi connectivity index (χ3v) is 5.76. The molecule has 2 heterocycles. The third-order valence-electron chi connectivity index (χ3n) is 4.78. The fourth-order valence-electron chi connectivity index (χ4n) is 3.24. The fraction of sp³-hybridized carbons (Fsp3) is 0.150. The molecule has 0 spiro atoms. The van der Waals surface area contributed by atoms with Gasteiger partial charge in [0.1, 0.15) is 0 Å². The summed E-state index contributed by atoms with van der Waals surface area (Å²) in [6, 6.07) is 12.2. The van der Waals surface area contributed by atoms with Crippen LogP contribution in [0.5, 0.6) is 0 Å². The van der Waals surface area contributed by atoms with E-state index in [4.69, 9.17) is 5.11 Å². The van der Waals surface area contributed by atoms with Gasteiger partial charge in [-0.1, -0.05) is 12.1 Å². The van der Waals surface area contributed by atoms with E-state index >= 15 is 0 Å². The summed E-state index contributed by atoms with van der Waals surface area (Å²) in [5, 5.41) is 10.5. The van der Waals surface area contributed by atoms with Crippen molar-refractivity contribution in [1.82, 2.24) is 9.80 Å². The first kappa shape index (κ1) is 19.6. The molecule has 10 heteroatoms. The highest BCUT2D eigenvalue weighted by Gasteiger charge is 2.41. The summed E-state index contributed by atoms with van der Waals surface area (Å²) in [5.74, 6) is -2.46. The smallest absolute Gasteiger partial charge is 0.335 e. The largest absolute Gasteiger partial charge is 0.478 e. The van der Waals surface area contributed by atoms with Crippen LogP contribution >= 0.6 is 11.8 Å². The summed E-state index contributed by atoms with van der Waals surface area (Å²) < 4.78 is 0. The van der Waals surface area contributed by atoms with Crippen LogP contribution in [0.1, 0.15) is 31.1 Å². The van der Waals surface area contributed by atoms with E-state index in [9.17, 15) is 24.0 Å². The van der Waals surface area contributed by atoms with Gasteiger partial charge >= 0.3 is 5.97 Å². The summed E-state index contributed by atoms with van der Waals surface area (Å²) in [6.45, 7) is -0.198. The predicted octanol–water partition coefficient (Wildman–Crippen LogP) is 2.11. The lowest BCUT2D eigenvalue weighted by Gasteiger charge is -2.19. The second-order valence-electron chi connectivity index (χ2n) is 6.59. The number of benzene rings is 2. The number of carbonyl (C=O) groups is 5. The lowest BCUT2D eigenvalue weighted by molar-refractivity contribution is -0.126. The highest BCUT2D eigenvalue weighted by atomic mass is 32.2. The van der Waals surface area contributed by atoms with Crippen LogP contribution in [0.4, 0.5) is 10.5 Å². The van der Waals surface area contributed by atoms with Gasteiger partial charge in [0.25, 0.3) is 23.0 Å². The molecule has 1 fully saturated rings. The first-order valence-electron chi connectivity index (χ1n) is 8.94. The first-order valence-corrected chi connectivity index (χ1v) is 9.82. The zero-order chi connectivity index (χ0) is 21.4. The maximum absolute atomic E-state index is 12.6. The van der Waals surface area contributed by atoms with Crippen LogP contribution in [0.15, 0.2) is 48.5 Å². The highest BCUT2D eigenvalue weighted by Crippen LogP contribution is 2.29. The molecule has 0 aromatic heterocycles. The van der Waals surface area contributed by atoms with Gasteiger partial charge in [-0.15, -0.1) is 0 Å². The van der Waals surface area contributed by atoms with Gasteiger partial charge in [0.05, 0.1) is 16.7 Å². The maximum atomic E-state index is 12.6. The van der Waals surface area contributed by atoms with Crippen molar-refractivity contribution in [3.05, 3.63) is 65.2 Å². The van der Waals surface area contributed by atoms with Gasteiger partial charge in [-0.3, -0.25) is 29.0 Å². The third kappa shape index (κ3) is 3.41. The topological polar surface area (TPSA) is 124 Å². The Morgan fingerprint density at radius 2 is 1.47 bits per heavy atom. The van der Waals surface area contributed by atoms with Crippen molar-refractivity contribution in [3.63, 3.8) is 0 Å². The van der Waals surface area contributed by atoms with Crippen molar-refractivity contribution >= 4 is 46.4 Å². The number of hydrogen-bond donors (Lipinski definition) is 2. The van der Waals surface area contributed by atoms with E-state index in [-0.39, 0.29) is 18.7 Å². The normalized spacial score (nSPS) is 18.2. The number of thioether (sulfide) groups is 1. The SMILES string of the molecule is O=C(O)c1ccc(N[C@H]2SC(=O)N(CCN3C(=O)c4ccccc4C3=O)C2=O)cc1. The van der Waals surface area contributed by atoms with Crippen LogP contribution in [-0.4, -0.2) is 62.3 Å². The molecule has 0 radical (unpaired) electrons. The average molecular weight is 425 g/mol. The van der Waals surface area contributed by atoms with E-state index in [1.54, 1.807) is 24.3 Å². The Morgan fingerprint density at radius 1 is 0.900 bits per heavy atom. The Hall–Kier alpha value is -3.66. The van der Waals surface area contributed by atoms with Crippen molar-refractivity contribution in [2.75, 3.05) is 18.4 Å². The van der Waals surface area contributed by atoms with Gasteiger partial charge in [-0.25, -0.2) is 4.79 Å². The Bertz CT molecular complexity index is 1050. The Morgan fingerprint density at radius 3 is 2.03 bits per heavy atom. The number of carboxylic acid groups (broad SMARTS) is 1. The molecule has 1 saturated heterocycles. The Kier molecular flexibility index (Phi) is 5.00. The lowest BCUT2D eigenvalue weighted by atomic mass is 10.1. The summed E-state index contributed by atoms with van der Waals surface area (Å²) in [5.41, 5.74) is 1.20. The number of nitrogens with zero attached hydrogens (tertiary/aromatic N) is 2. The summed E-state index contributed by atoms with van der Waals surface area (Å²) in [7, 11) is 0. The number of hydrogen-bond acceptors (Lipinski definition) is 7. The number of rotatable bonds is 6. The molecular formula is C20H15N3O6S. The molecule has 0 bridgehead atoms. The molecule has 30 heavy (non-hydrogen) atoms. The Balaban J connectivity index is 1.39. The van der Waals surface area contributed by atoms with Crippen molar-refractivity contribution in [3.8, 4) is 0 Å². The van der Waals surface area contributed by atoms with Crippen molar-refractivity contribution in [1.29, 1.82) is 0 Å². The molecule has 0 aliphatic carbocycles. The van der Waals surface area contributed by atoms with Gasteiger partial charge in [0.2, 0.25) is 0 Å². The highest BCUT2D eigenvalue weighted by molar-refractivity contribution is 8.15. The first-order chi connectivity index (χ1) is 14.4. The minimum absolute atomic E-state index is 0.0928. The van der Waals surface area contributed by atoms with E-state index in [0.717, 1.165) is 21.6 Å². The maximum Gasteiger partial charge on any atom is 0.335 e. The molecule has 4 rings (SSSR count). The minimum atomic E-state index is -1.07. The standard InChI is InChI=1S/C20H15N3O6S/c24-16-13-3-1-2-4-14(13)17(25)22(16)9-10-23-18(26)15(30-20(23)29)21-12-7-5-11(6-8-12)19(27)28/h1-8,15,21H,9-10H2,(H,27,28)/t15-/m0/s1. The molecule has 9 nitrogen and oxygen atoms in total. The minimum Gasteiger partial charge on any atom is -0.478 e. The number of anilines is 1. The quantitative estimate of drug-likeness (QED) is 0.675. The second kappa shape index (κ2) is 7.64. The van der Waals surface area contributed by atoms with Gasteiger partial charge in [0, 0.05) is 18.8 Å². The lowest BCUT2D eigenvalue weighted by Crippen LogP contribution is -2.41. The molecule has 2 aromatic rings. The van der Waals surface area contributed by atoms with E-state index < -0.39 is 34.3 Å². The van der Waals surface area contributed by atoms with Crippen LogP contribution < -0.4 is 5.32 Å². The number of carbonyl (C=O) groups excluding carboxylic acids is 4. The van der Waals surface area contributed by atoms with Crippen LogP contribution in [-0.2, 0) is 4.79 Å². The summed E-state index contributed by atoms with van der Waals surface area (Å²) >= 11 is 0.780. The van der Waals surface area contributed by atoms with E-state index in [0.29, 0.717) is 16.8 Å². The Labute approximate surface area is 174 Å².